The monoisotopic (exact) mass is 550 g/mol. The highest BCUT2D eigenvalue weighted by Gasteiger charge is 2.39. The summed E-state index contributed by atoms with van der Waals surface area (Å²) < 4.78 is 106. The van der Waals surface area contributed by atoms with E-state index in [0.29, 0.717) is 12.8 Å². The molecule has 13 nitrogen and oxygen atoms in total. The average Bonchev–Trinajstić information content (AvgIpc) is 3.22. The lowest BCUT2D eigenvalue weighted by atomic mass is 10.0. The first-order valence-electron chi connectivity index (χ1n) is 11.0. The van der Waals surface area contributed by atoms with Gasteiger partial charge < -0.3 is 14.0 Å². The van der Waals surface area contributed by atoms with Gasteiger partial charge in [-0.1, -0.05) is 0 Å². The van der Waals surface area contributed by atoms with Gasteiger partial charge in [0.25, 0.3) is 20.2 Å². The first-order valence-corrected chi connectivity index (χ1v) is 15.5. The van der Waals surface area contributed by atoms with Crippen molar-refractivity contribution in [2.45, 2.75) is 64.4 Å². The molecular weight excluding hydrogens is 519 g/mol. The molecule has 0 saturated carbocycles. The quantitative estimate of drug-likeness (QED) is 0.235. The highest BCUT2D eigenvalue weighted by molar-refractivity contribution is 7.87. The molecule has 0 amide bonds. The maximum atomic E-state index is 11.6. The van der Waals surface area contributed by atoms with Crippen molar-refractivity contribution < 1.29 is 55.9 Å². The van der Waals surface area contributed by atoms with Crippen LogP contribution >= 0.6 is 0 Å². The number of hydrogen-bond donors (Lipinski definition) is 0. The zero-order valence-corrected chi connectivity index (χ0v) is 21.7. The van der Waals surface area contributed by atoms with Gasteiger partial charge in [0.05, 0.1) is 23.7 Å². The predicted molar refractivity (Wildman–Crippen MR) is 117 cm³/mol. The Kier molecular flexibility index (Phi) is 9.42. The van der Waals surface area contributed by atoms with E-state index in [0.717, 1.165) is 0 Å². The third-order valence-corrected chi connectivity index (χ3v) is 9.83. The van der Waals surface area contributed by atoms with Crippen molar-refractivity contribution in [3.63, 3.8) is 0 Å². The van der Waals surface area contributed by atoms with Crippen LogP contribution in [0, 0.1) is 11.8 Å². The summed E-state index contributed by atoms with van der Waals surface area (Å²) in [5.74, 6) is -0.656. The molecule has 0 aromatic carbocycles. The van der Waals surface area contributed by atoms with E-state index >= 15 is 0 Å². The fourth-order valence-electron chi connectivity index (χ4n) is 3.97. The summed E-state index contributed by atoms with van der Waals surface area (Å²) in [6.07, 6.45) is -1.31. The topological polar surface area (TPSA) is 167 Å². The second-order valence-electron chi connectivity index (χ2n) is 8.68. The normalized spacial score (nSPS) is 36.1. The Morgan fingerprint density at radius 1 is 0.647 bits per heavy atom. The van der Waals surface area contributed by atoms with Crippen molar-refractivity contribution in [1.29, 1.82) is 0 Å². The molecule has 0 N–H and O–H groups in total. The number of rotatable bonds is 12. The molecule has 3 saturated heterocycles. The molecule has 3 aliphatic rings. The van der Waals surface area contributed by atoms with Crippen molar-refractivity contribution >= 4 is 38.0 Å². The van der Waals surface area contributed by atoms with E-state index in [1.807, 2.05) is 0 Å². The van der Waals surface area contributed by atoms with Gasteiger partial charge >= 0.3 is 17.7 Å². The number of hydrogen-bond acceptors (Lipinski definition) is 13. The van der Waals surface area contributed by atoms with Gasteiger partial charge in [-0.15, -0.1) is 0 Å². The predicted octanol–water partition coefficient (Wildman–Crippen LogP) is -0.0305. The molecule has 3 heterocycles. The Hall–Kier alpha value is -0.365. The van der Waals surface area contributed by atoms with Crippen LogP contribution in [0.5, 0.6) is 0 Å². The SMILES string of the molecule is CC1OS(=O)(=O)CC1CCOB(OCCC1CS(=O)(=O)OC1C)OCCC1OS(=O)(=O)OC1C. The molecule has 34 heavy (non-hydrogen) atoms. The maximum absolute atomic E-state index is 11.6. The van der Waals surface area contributed by atoms with Gasteiger partial charge in [-0.2, -0.15) is 25.3 Å². The Morgan fingerprint density at radius 2 is 1.09 bits per heavy atom. The Labute approximate surface area is 201 Å². The molecule has 0 aromatic rings. The van der Waals surface area contributed by atoms with Crippen LogP contribution in [0.4, 0.5) is 0 Å². The van der Waals surface area contributed by atoms with Crippen LogP contribution < -0.4 is 0 Å². The summed E-state index contributed by atoms with van der Waals surface area (Å²) in [5, 5.41) is 0. The first kappa shape index (κ1) is 28.2. The van der Waals surface area contributed by atoms with E-state index in [1.54, 1.807) is 20.8 Å². The molecule has 3 fully saturated rings. The summed E-state index contributed by atoms with van der Waals surface area (Å²) >= 11 is 0. The Morgan fingerprint density at radius 3 is 1.44 bits per heavy atom. The lowest BCUT2D eigenvalue weighted by molar-refractivity contribution is 0.0632. The van der Waals surface area contributed by atoms with E-state index in [2.05, 4.69) is 0 Å². The van der Waals surface area contributed by atoms with Crippen LogP contribution in [0.15, 0.2) is 0 Å². The molecule has 0 aromatic heterocycles. The van der Waals surface area contributed by atoms with E-state index in [4.69, 9.17) is 30.7 Å². The van der Waals surface area contributed by atoms with Gasteiger partial charge in [0, 0.05) is 31.7 Å². The van der Waals surface area contributed by atoms with Crippen LogP contribution in [-0.4, -0.2) is 88.3 Å². The first-order chi connectivity index (χ1) is 15.8. The zero-order chi connectivity index (χ0) is 25.1. The minimum Gasteiger partial charge on any atom is -0.386 e. The summed E-state index contributed by atoms with van der Waals surface area (Å²) in [6.45, 7) is 5.22. The molecule has 6 atom stereocenters. The van der Waals surface area contributed by atoms with Crippen molar-refractivity contribution in [3.05, 3.63) is 0 Å². The van der Waals surface area contributed by atoms with Gasteiger partial charge in [0.2, 0.25) is 0 Å². The highest BCUT2D eigenvalue weighted by Crippen LogP contribution is 2.27. The van der Waals surface area contributed by atoms with Crippen molar-refractivity contribution in [2.24, 2.45) is 11.8 Å². The molecule has 0 bridgehead atoms. The summed E-state index contributed by atoms with van der Waals surface area (Å²) in [4.78, 5) is 0. The fraction of sp³-hybridized carbons (Fsp3) is 1.00. The van der Waals surface area contributed by atoms with E-state index in [1.165, 1.54) is 0 Å². The van der Waals surface area contributed by atoms with Gasteiger partial charge in [-0.25, -0.2) is 8.37 Å². The second kappa shape index (κ2) is 11.4. The van der Waals surface area contributed by atoms with Crippen molar-refractivity contribution in [2.75, 3.05) is 31.3 Å². The van der Waals surface area contributed by atoms with Gasteiger partial charge in [0.1, 0.15) is 12.2 Å². The van der Waals surface area contributed by atoms with Crippen LogP contribution in [0.3, 0.4) is 0 Å². The second-order valence-corrected chi connectivity index (χ2v) is 13.2. The van der Waals surface area contributed by atoms with Gasteiger partial charge in [-0.05, 0) is 40.0 Å². The summed E-state index contributed by atoms with van der Waals surface area (Å²) in [6, 6.07) is 0. The molecule has 3 aliphatic heterocycles. The van der Waals surface area contributed by atoms with Crippen LogP contribution in [0.1, 0.15) is 40.0 Å². The third-order valence-electron chi connectivity index (χ3n) is 5.94. The minimum absolute atomic E-state index is 0.0349. The molecule has 198 valence electrons. The molecule has 0 aliphatic carbocycles. The van der Waals surface area contributed by atoms with Crippen molar-refractivity contribution in [1.82, 2.24) is 0 Å². The molecule has 17 heteroatoms. The lowest BCUT2D eigenvalue weighted by Gasteiger charge is -2.19. The Balaban J connectivity index is 1.47. The van der Waals surface area contributed by atoms with Crippen LogP contribution in [0.25, 0.3) is 0 Å². The third kappa shape index (κ3) is 8.35. The van der Waals surface area contributed by atoms with E-state index in [9.17, 15) is 25.3 Å². The highest BCUT2D eigenvalue weighted by atomic mass is 32.3. The molecule has 0 spiro atoms. The average molecular weight is 550 g/mol. The molecule has 0 radical (unpaired) electrons. The van der Waals surface area contributed by atoms with Gasteiger partial charge in [-0.3, -0.25) is 8.37 Å². The summed E-state index contributed by atoms with van der Waals surface area (Å²) in [5.41, 5.74) is 0. The van der Waals surface area contributed by atoms with Gasteiger partial charge in [0.15, 0.2) is 0 Å². The zero-order valence-electron chi connectivity index (χ0n) is 19.2. The summed E-state index contributed by atoms with van der Waals surface area (Å²) in [7, 11) is -12.2. The fourth-order valence-corrected chi connectivity index (χ4v) is 8.39. The van der Waals surface area contributed by atoms with Crippen molar-refractivity contribution in [3.8, 4) is 0 Å². The molecule has 3 rings (SSSR count). The van der Waals surface area contributed by atoms with E-state index < -0.39 is 62.4 Å². The van der Waals surface area contributed by atoms with E-state index in [-0.39, 0.29) is 49.6 Å². The minimum atomic E-state index is -4.01. The lowest BCUT2D eigenvalue weighted by Crippen LogP contribution is -2.32. The largest absolute Gasteiger partial charge is 0.639 e. The van der Waals surface area contributed by atoms with Crippen LogP contribution in [-0.2, 0) is 61.3 Å². The molecule has 6 unspecified atom stereocenters. The maximum Gasteiger partial charge on any atom is 0.639 e. The van der Waals surface area contributed by atoms with Crippen LogP contribution in [0.2, 0.25) is 0 Å². The smallest absolute Gasteiger partial charge is 0.386 e. The Bertz CT molecular complexity index is 871. The standard InChI is InChI=1S/C17H31BO13S3/c1-12-15(10-32(19,20)28-12)4-7-25-18(26-8-5-16-11-33(21,22)29-13(16)2)27-9-6-17-14(3)30-34(23,24)31-17/h12-17H,4-11H2,1-3H3. The molecular formula is C17H31BO13S3.